The Hall–Kier alpha value is -1.52. The van der Waals surface area contributed by atoms with Gasteiger partial charge in [0.25, 0.3) is 0 Å². The van der Waals surface area contributed by atoms with Crippen molar-refractivity contribution in [2.45, 2.75) is 11.8 Å². The average molecular weight is 319 g/mol. The second-order valence-corrected chi connectivity index (χ2v) is 6.35. The zero-order valence-electron chi connectivity index (χ0n) is 11.4. The van der Waals surface area contributed by atoms with E-state index in [1.165, 1.54) is 5.56 Å². The van der Waals surface area contributed by atoms with Crippen molar-refractivity contribution in [1.29, 1.82) is 0 Å². The van der Waals surface area contributed by atoms with E-state index in [4.69, 9.17) is 11.6 Å². The number of rotatable bonds is 4. The highest BCUT2D eigenvalue weighted by Crippen LogP contribution is 2.41. The van der Waals surface area contributed by atoms with Gasteiger partial charge in [0, 0.05) is 29.5 Å². The standard InChI is InChI=1S/C16H15ClN2OS/c17-14-4-2-1-3-13(14)16-19(15(20)11-21-16)10-7-12-5-8-18-9-6-12/h1-6,8-9,16H,7,10-11H2. The van der Waals surface area contributed by atoms with Gasteiger partial charge in [0.05, 0.1) is 5.75 Å². The minimum atomic E-state index is 0.0213. The number of pyridine rings is 1. The first-order valence-corrected chi connectivity index (χ1v) is 8.23. The van der Waals surface area contributed by atoms with Crippen molar-refractivity contribution in [2.24, 2.45) is 0 Å². The molecule has 1 aromatic carbocycles. The maximum atomic E-state index is 12.1. The third-order valence-electron chi connectivity index (χ3n) is 3.53. The van der Waals surface area contributed by atoms with Gasteiger partial charge in [-0.2, -0.15) is 0 Å². The van der Waals surface area contributed by atoms with Crippen molar-refractivity contribution >= 4 is 29.3 Å². The average Bonchev–Trinajstić information content (AvgIpc) is 2.88. The third-order valence-corrected chi connectivity index (χ3v) is 5.11. The van der Waals surface area contributed by atoms with Gasteiger partial charge < -0.3 is 4.90 Å². The second-order valence-electron chi connectivity index (χ2n) is 4.88. The lowest BCUT2D eigenvalue weighted by atomic mass is 10.1. The summed E-state index contributed by atoms with van der Waals surface area (Å²) in [5.41, 5.74) is 2.21. The lowest BCUT2D eigenvalue weighted by molar-refractivity contribution is -0.128. The summed E-state index contributed by atoms with van der Waals surface area (Å²) < 4.78 is 0. The second kappa shape index (κ2) is 6.50. The van der Waals surface area contributed by atoms with Gasteiger partial charge >= 0.3 is 0 Å². The summed E-state index contributed by atoms with van der Waals surface area (Å²) in [5, 5.41) is 0.742. The van der Waals surface area contributed by atoms with E-state index in [9.17, 15) is 4.79 Å². The van der Waals surface area contributed by atoms with Gasteiger partial charge in [0.1, 0.15) is 5.37 Å². The van der Waals surface area contributed by atoms with Crippen LogP contribution in [0.2, 0.25) is 5.02 Å². The van der Waals surface area contributed by atoms with Crippen LogP contribution in [0.15, 0.2) is 48.8 Å². The number of hydrogen-bond acceptors (Lipinski definition) is 3. The van der Waals surface area contributed by atoms with Gasteiger partial charge in [-0.25, -0.2) is 0 Å². The van der Waals surface area contributed by atoms with E-state index in [0.717, 1.165) is 17.0 Å². The predicted octanol–water partition coefficient (Wildman–Crippen LogP) is 3.55. The van der Waals surface area contributed by atoms with Crippen LogP contribution in [0.3, 0.4) is 0 Å². The van der Waals surface area contributed by atoms with Gasteiger partial charge in [-0.15, -0.1) is 11.8 Å². The molecule has 1 aliphatic rings. The number of hydrogen-bond donors (Lipinski definition) is 0. The molecule has 1 aromatic heterocycles. The Morgan fingerprint density at radius 1 is 1.24 bits per heavy atom. The van der Waals surface area contributed by atoms with E-state index in [-0.39, 0.29) is 11.3 Å². The van der Waals surface area contributed by atoms with Gasteiger partial charge in [-0.3, -0.25) is 9.78 Å². The molecular formula is C16H15ClN2OS. The molecule has 1 fully saturated rings. The van der Waals surface area contributed by atoms with E-state index >= 15 is 0 Å². The van der Waals surface area contributed by atoms with E-state index < -0.39 is 0 Å². The molecule has 1 aliphatic heterocycles. The number of amides is 1. The highest BCUT2D eigenvalue weighted by Gasteiger charge is 2.33. The number of carbonyl (C=O) groups excluding carboxylic acids is 1. The predicted molar refractivity (Wildman–Crippen MR) is 86.3 cm³/mol. The van der Waals surface area contributed by atoms with E-state index in [2.05, 4.69) is 4.98 Å². The molecule has 3 nitrogen and oxygen atoms in total. The summed E-state index contributed by atoms with van der Waals surface area (Å²) in [4.78, 5) is 18.1. The smallest absolute Gasteiger partial charge is 0.233 e. The molecule has 2 heterocycles. The molecule has 5 heteroatoms. The number of benzene rings is 1. The summed E-state index contributed by atoms with van der Waals surface area (Å²) in [5.74, 6) is 0.700. The van der Waals surface area contributed by atoms with E-state index in [1.807, 2.05) is 41.3 Å². The summed E-state index contributed by atoms with van der Waals surface area (Å²) in [7, 11) is 0. The first-order valence-electron chi connectivity index (χ1n) is 6.80. The van der Waals surface area contributed by atoms with Crippen LogP contribution in [0.25, 0.3) is 0 Å². The molecule has 0 spiro atoms. The Labute approximate surface area is 133 Å². The fraction of sp³-hybridized carbons (Fsp3) is 0.250. The van der Waals surface area contributed by atoms with E-state index in [0.29, 0.717) is 12.3 Å². The molecule has 0 radical (unpaired) electrons. The van der Waals surface area contributed by atoms with Crippen LogP contribution in [-0.2, 0) is 11.2 Å². The van der Waals surface area contributed by atoms with Gasteiger partial charge in [0.15, 0.2) is 0 Å². The molecular weight excluding hydrogens is 304 g/mol. The van der Waals surface area contributed by atoms with Crippen molar-refractivity contribution in [3.63, 3.8) is 0 Å². The number of aromatic nitrogens is 1. The number of halogens is 1. The van der Waals surface area contributed by atoms with Crippen molar-refractivity contribution in [3.8, 4) is 0 Å². The van der Waals surface area contributed by atoms with Crippen LogP contribution in [0, 0.1) is 0 Å². The zero-order valence-corrected chi connectivity index (χ0v) is 13.0. The number of nitrogens with zero attached hydrogens (tertiary/aromatic N) is 2. The van der Waals surface area contributed by atoms with Crippen LogP contribution in [0.4, 0.5) is 0 Å². The SMILES string of the molecule is O=C1CSC(c2ccccc2Cl)N1CCc1ccncc1. The van der Waals surface area contributed by atoms with Crippen LogP contribution in [0.1, 0.15) is 16.5 Å². The fourth-order valence-corrected chi connectivity index (χ4v) is 3.99. The third kappa shape index (κ3) is 3.22. The highest BCUT2D eigenvalue weighted by atomic mass is 35.5. The van der Waals surface area contributed by atoms with Crippen LogP contribution < -0.4 is 0 Å². The molecule has 1 atom stereocenters. The molecule has 21 heavy (non-hydrogen) atoms. The molecule has 0 saturated carbocycles. The maximum absolute atomic E-state index is 12.1. The zero-order chi connectivity index (χ0) is 14.7. The first kappa shape index (κ1) is 14.4. The molecule has 1 unspecified atom stereocenters. The molecule has 1 saturated heterocycles. The van der Waals surface area contributed by atoms with E-state index in [1.54, 1.807) is 24.2 Å². The quantitative estimate of drug-likeness (QED) is 0.864. The molecule has 3 rings (SSSR count). The van der Waals surface area contributed by atoms with Crippen LogP contribution in [-0.4, -0.2) is 28.1 Å². The topological polar surface area (TPSA) is 33.2 Å². The number of carbonyl (C=O) groups is 1. The molecule has 0 bridgehead atoms. The Morgan fingerprint density at radius 2 is 2.00 bits per heavy atom. The minimum Gasteiger partial charge on any atom is -0.325 e. The van der Waals surface area contributed by atoms with Gasteiger partial charge in [-0.05, 0) is 30.2 Å². The lowest BCUT2D eigenvalue weighted by Crippen LogP contribution is -2.30. The van der Waals surface area contributed by atoms with Crippen molar-refractivity contribution in [3.05, 3.63) is 64.9 Å². The Kier molecular flexibility index (Phi) is 4.46. The van der Waals surface area contributed by atoms with Crippen molar-refractivity contribution in [2.75, 3.05) is 12.3 Å². The van der Waals surface area contributed by atoms with Crippen molar-refractivity contribution < 1.29 is 4.79 Å². The summed E-state index contributed by atoms with van der Waals surface area (Å²) in [6.07, 6.45) is 4.39. The van der Waals surface area contributed by atoms with Crippen LogP contribution >= 0.6 is 23.4 Å². The summed E-state index contributed by atoms with van der Waals surface area (Å²) in [6.45, 7) is 0.700. The van der Waals surface area contributed by atoms with Gasteiger partial charge in [0.2, 0.25) is 5.91 Å². The van der Waals surface area contributed by atoms with Gasteiger partial charge in [-0.1, -0.05) is 29.8 Å². The molecule has 2 aromatic rings. The lowest BCUT2D eigenvalue weighted by Gasteiger charge is -2.25. The van der Waals surface area contributed by atoms with Crippen LogP contribution in [0.5, 0.6) is 0 Å². The normalized spacial score (nSPS) is 18.2. The highest BCUT2D eigenvalue weighted by molar-refractivity contribution is 8.00. The largest absolute Gasteiger partial charge is 0.325 e. The fourth-order valence-electron chi connectivity index (χ4n) is 2.43. The first-order chi connectivity index (χ1) is 10.3. The Morgan fingerprint density at radius 3 is 2.76 bits per heavy atom. The minimum absolute atomic E-state index is 0.0213. The maximum Gasteiger partial charge on any atom is 0.233 e. The summed E-state index contributed by atoms with van der Waals surface area (Å²) in [6, 6.07) is 11.7. The molecule has 0 aliphatic carbocycles. The Bertz CT molecular complexity index is 635. The van der Waals surface area contributed by atoms with Crippen molar-refractivity contribution in [1.82, 2.24) is 9.88 Å². The monoisotopic (exact) mass is 318 g/mol. The molecule has 0 N–H and O–H groups in total. The molecule has 1 amide bonds. The Balaban J connectivity index is 1.76. The number of thioether (sulfide) groups is 1. The summed E-state index contributed by atoms with van der Waals surface area (Å²) >= 11 is 7.92. The molecule has 108 valence electrons.